The van der Waals surface area contributed by atoms with Crippen molar-refractivity contribution < 1.29 is 23.8 Å². The molecule has 0 unspecified atom stereocenters. The molecule has 0 saturated carbocycles. The Hall–Kier alpha value is -3.98. The van der Waals surface area contributed by atoms with Gasteiger partial charge in [-0.05, 0) is 61.7 Å². The van der Waals surface area contributed by atoms with Gasteiger partial charge in [-0.15, -0.1) is 0 Å². The normalized spacial score (nSPS) is 15.1. The molecular formula is C29H30N2O6S. The summed E-state index contributed by atoms with van der Waals surface area (Å²) in [4.78, 5) is 43.1. The van der Waals surface area contributed by atoms with Crippen LogP contribution in [0.3, 0.4) is 0 Å². The SMILES string of the molecule is CCCCOc1ccc(/C=c2/sc3n(c2=O)[C@H](c2ccc(OC(C)=O)cc2)C(C(=O)OCC)=C(C)N=3)cc1. The highest BCUT2D eigenvalue weighted by Gasteiger charge is 2.33. The molecular weight excluding hydrogens is 504 g/mol. The summed E-state index contributed by atoms with van der Waals surface area (Å²) in [6.45, 7) is 7.76. The number of esters is 2. The molecule has 0 amide bonds. The number of unbranched alkanes of at least 4 members (excludes halogenated alkanes) is 1. The minimum atomic E-state index is -0.742. The molecule has 0 radical (unpaired) electrons. The second kappa shape index (κ2) is 12.0. The number of rotatable bonds is 9. The number of allylic oxidation sites excluding steroid dienone is 1. The fourth-order valence-corrected chi connectivity index (χ4v) is 5.18. The zero-order valence-corrected chi connectivity index (χ0v) is 22.7. The van der Waals surface area contributed by atoms with Crippen LogP contribution in [0, 0.1) is 0 Å². The Morgan fingerprint density at radius 2 is 1.74 bits per heavy atom. The lowest BCUT2D eigenvalue weighted by atomic mass is 9.96. The van der Waals surface area contributed by atoms with Crippen molar-refractivity contribution in [2.45, 2.75) is 46.6 Å². The minimum absolute atomic E-state index is 0.191. The number of carbonyl (C=O) groups excluding carboxylic acids is 2. The predicted octanol–water partition coefficient (Wildman–Crippen LogP) is 3.90. The molecule has 1 aromatic heterocycles. The van der Waals surface area contributed by atoms with E-state index in [1.165, 1.54) is 22.8 Å². The van der Waals surface area contributed by atoms with Gasteiger partial charge in [0, 0.05) is 6.92 Å². The van der Waals surface area contributed by atoms with E-state index in [2.05, 4.69) is 11.9 Å². The van der Waals surface area contributed by atoms with Gasteiger partial charge in [0.05, 0.1) is 35.1 Å². The van der Waals surface area contributed by atoms with E-state index in [1.807, 2.05) is 30.3 Å². The summed E-state index contributed by atoms with van der Waals surface area (Å²) in [5.41, 5.74) is 2.03. The van der Waals surface area contributed by atoms with Gasteiger partial charge in [-0.2, -0.15) is 0 Å². The lowest BCUT2D eigenvalue weighted by Gasteiger charge is -2.24. The standard InChI is InChI=1S/C29H30N2O6S/c1-5-7-16-36-22-12-8-20(9-13-22)17-24-27(33)31-26(21-10-14-23(15-11-21)37-19(4)32)25(28(34)35-6-2)18(3)30-29(31)38-24/h8-15,17,26H,5-7,16H2,1-4H3/b24-17+/t26-/m1/s1. The van der Waals surface area contributed by atoms with E-state index < -0.39 is 18.0 Å². The fourth-order valence-electron chi connectivity index (χ4n) is 4.14. The molecule has 8 nitrogen and oxygen atoms in total. The van der Waals surface area contributed by atoms with Crippen molar-refractivity contribution in [2.75, 3.05) is 13.2 Å². The smallest absolute Gasteiger partial charge is 0.338 e. The molecule has 2 heterocycles. The van der Waals surface area contributed by atoms with Crippen molar-refractivity contribution in [1.29, 1.82) is 0 Å². The van der Waals surface area contributed by atoms with E-state index in [1.54, 1.807) is 38.1 Å². The summed E-state index contributed by atoms with van der Waals surface area (Å²) in [7, 11) is 0. The lowest BCUT2D eigenvalue weighted by molar-refractivity contribution is -0.139. The van der Waals surface area contributed by atoms with E-state index in [4.69, 9.17) is 14.2 Å². The quantitative estimate of drug-likeness (QED) is 0.235. The molecule has 0 bridgehead atoms. The largest absolute Gasteiger partial charge is 0.494 e. The van der Waals surface area contributed by atoms with Gasteiger partial charge in [-0.1, -0.05) is 48.9 Å². The van der Waals surface area contributed by atoms with Gasteiger partial charge < -0.3 is 14.2 Å². The molecule has 4 rings (SSSR count). The number of nitrogens with zero attached hydrogens (tertiary/aromatic N) is 2. The number of benzene rings is 2. The first-order valence-corrected chi connectivity index (χ1v) is 13.3. The Balaban J connectivity index is 1.78. The van der Waals surface area contributed by atoms with Gasteiger partial charge in [0.25, 0.3) is 5.56 Å². The van der Waals surface area contributed by atoms with Gasteiger partial charge >= 0.3 is 11.9 Å². The molecule has 198 valence electrons. The van der Waals surface area contributed by atoms with Crippen molar-refractivity contribution in [3.05, 3.63) is 90.6 Å². The summed E-state index contributed by atoms with van der Waals surface area (Å²) >= 11 is 1.26. The van der Waals surface area contributed by atoms with Crippen LogP contribution in [0.5, 0.6) is 11.5 Å². The number of fused-ring (bicyclic) bond motifs is 1. The Kier molecular flexibility index (Phi) is 8.58. The molecule has 38 heavy (non-hydrogen) atoms. The van der Waals surface area contributed by atoms with Gasteiger partial charge in [0.2, 0.25) is 0 Å². The maximum absolute atomic E-state index is 13.7. The third-order valence-corrected chi connectivity index (χ3v) is 6.90. The first-order chi connectivity index (χ1) is 18.3. The molecule has 2 aromatic carbocycles. The van der Waals surface area contributed by atoms with Crippen LogP contribution in [0.25, 0.3) is 6.08 Å². The summed E-state index contributed by atoms with van der Waals surface area (Å²) in [5, 5.41) is 0. The van der Waals surface area contributed by atoms with Gasteiger partial charge in [-0.25, -0.2) is 9.79 Å². The highest BCUT2D eigenvalue weighted by Crippen LogP contribution is 2.31. The number of aromatic nitrogens is 1. The number of carbonyl (C=O) groups is 2. The Morgan fingerprint density at radius 1 is 1.05 bits per heavy atom. The second-order valence-corrected chi connectivity index (χ2v) is 9.75. The van der Waals surface area contributed by atoms with Gasteiger partial charge in [0.1, 0.15) is 11.5 Å². The minimum Gasteiger partial charge on any atom is -0.494 e. The number of hydrogen-bond donors (Lipinski definition) is 0. The first-order valence-electron chi connectivity index (χ1n) is 12.5. The number of thiazole rings is 1. The van der Waals surface area contributed by atoms with Crippen molar-refractivity contribution in [1.82, 2.24) is 4.57 Å². The highest BCUT2D eigenvalue weighted by molar-refractivity contribution is 7.07. The van der Waals surface area contributed by atoms with Gasteiger partial charge in [-0.3, -0.25) is 14.2 Å². The molecule has 0 saturated heterocycles. The molecule has 1 atom stereocenters. The van der Waals surface area contributed by atoms with Crippen molar-refractivity contribution in [3.8, 4) is 11.5 Å². The first kappa shape index (κ1) is 27.1. The van der Waals surface area contributed by atoms with Crippen molar-refractivity contribution in [3.63, 3.8) is 0 Å². The molecule has 0 aliphatic carbocycles. The van der Waals surface area contributed by atoms with Crippen LogP contribution in [-0.4, -0.2) is 29.7 Å². The molecule has 0 fully saturated rings. The summed E-state index contributed by atoms with van der Waals surface area (Å²) in [6, 6.07) is 13.6. The van der Waals surface area contributed by atoms with Crippen LogP contribution >= 0.6 is 11.3 Å². The molecule has 1 aliphatic heterocycles. The monoisotopic (exact) mass is 534 g/mol. The summed E-state index contributed by atoms with van der Waals surface area (Å²) in [5.74, 6) is 0.183. The maximum Gasteiger partial charge on any atom is 0.338 e. The Morgan fingerprint density at radius 3 is 2.37 bits per heavy atom. The third-order valence-electron chi connectivity index (χ3n) is 5.92. The number of ether oxygens (including phenoxy) is 3. The van der Waals surface area contributed by atoms with Crippen LogP contribution in [0.2, 0.25) is 0 Å². The Bertz CT molecular complexity index is 1530. The van der Waals surface area contributed by atoms with Crippen LogP contribution in [0.1, 0.15) is 57.7 Å². The van der Waals surface area contributed by atoms with E-state index in [-0.39, 0.29) is 12.2 Å². The fraction of sp³-hybridized carbons (Fsp3) is 0.310. The lowest BCUT2D eigenvalue weighted by Crippen LogP contribution is -2.39. The van der Waals surface area contributed by atoms with Crippen molar-refractivity contribution >= 4 is 29.4 Å². The number of hydrogen-bond acceptors (Lipinski definition) is 8. The topological polar surface area (TPSA) is 96.2 Å². The van der Waals surface area contributed by atoms with Gasteiger partial charge in [0.15, 0.2) is 4.80 Å². The summed E-state index contributed by atoms with van der Waals surface area (Å²) < 4.78 is 18.2. The molecule has 0 N–H and O–H groups in total. The van der Waals surface area contributed by atoms with E-state index in [0.717, 1.165) is 24.2 Å². The zero-order chi connectivity index (χ0) is 27.2. The van der Waals surface area contributed by atoms with E-state index in [0.29, 0.717) is 38.5 Å². The van der Waals surface area contributed by atoms with Crippen LogP contribution < -0.4 is 24.4 Å². The molecule has 1 aliphatic rings. The average molecular weight is 535 g/mol. The molecule has 0 spiro atoms. The maximum atomic E-state index is 13.7. The summed E-state index contributed by atoms with van der Waals surface area (Å²) in [6.07, 6.45) is 3.86. The second-order valence-electron chi connectivity index (χ2n) is 8.74. The zero-order valence-electron chi connectivity index (χ0n) is 21.9. The van der Waals surface area contributed by atoms with Crippen molar-refractivity contribution in [2.24, 2.45) is 4.99 Å². The Labute approximate surface area is 224 Å². The average Bonchev–Trinajstić information content (AvgIpc) is 3.19. The highest BCUT2D eigenvalue weighted by atomic mass is 32.1. The van der Waals surface area contributed by atoms with E-state index >= 15 is 0 Å². The van der Waals surface area contributed by atoms with Crippen LogP contribution in [-0.2, 0) is 14.3 Å². The third kappa shape index (κ3) is 5.94. The van der Waals surface area contributed by atoms with E-state index in [9.17, 15) is 14.4 Å². The van der Waals surface area contributed by atoms with Crippen LogP contribution in [0.4, 0.5) is 0 Å². The molecule has 9 heteroatoms. The molecule has 3 aromatic rings. The predicted molar refractivity (Wildman–Crippen MR) is 145 cm³/mol. The van der Waals surface area contributed by atoms with Crippen LogP contribution in [0.15, 0.2) is 69.6 Å².